The van der Waals surface area contributed by atoms with E-state index in [1.54, 1.807) is 45.6 Å². The molecule has 0 radical (unpaired) electrons. The minimum absolute atomic E-state index is 0.128. The molecule has 1 aliphatic heterocycles. The number of fused-ring (bicyclic) bond motifs is 2. The summed E-state index contributed by atoms with van der Waals surface area (Å²) in [5.41, 5.74) is -5.01. The minimum Gasteiger partial charge on any atom is -0.630 e. The number of anilines is 1. The van der Waals surface area contributed by atoms with Gasteiger partial charge < -0.3 is 44.3 Å². The average Bonchev–Trinajstić information content (AvgIpc) is 3.49. The van der Waals surface area contributed by atoms with E-state index < -0.39 is 62.9 Å². The second-order valence-electron chi connectivity index (χ2n) is 13.5. The van der Waals surface area contributed by atoms with Crippen LogP contribution in [0.4, 0.5) is 5.69 Å². The van der Waals surface area contributed by atoms with Crippen LogP contribution >= 0.6 is 0 Å². The van der Waals surface area contributed by atoms with Crippen molar-refractivity contribution < 1.29 is 43.4 Å². The number of aliphatic hydroxyl groups is 2. The number of methoxy groups -OCH3 is 3. The van der Waals surface area contributed by atoms with Crippen molar-refractivity contribution in [1.82, 2.24) is 0 Å². The first-order valence-electron chi connectivity index (χ1n) is 15.2. The number of quaternary nitrogens is 1. The summed E-state index contributed by atoms with van der Waals surface area (Å²) in [4.78, 5) is 25.9. The quantitative estimate of drug-likeness (QED) is 0.249. The Morgan fingerprint density at radius 2 is 1.83 bits per heavy atom. The Balaban J connectivity index is 1.40. The van der Waals surface area contributed by atoms with Gasteiger partial charge in [0.2, 0.25) is 5.91 Å². The molecule has 1 unspecified atom stereocenters. The fourth-order valence-corrected chi connectivity index (χ4v) is 11.8. The molecule has 6 aliphatic rings. The molecule has 7 rings (SSSR count). The molecule has 1 saturated heterocycles. The van der Waals surface area contributed by atoms with Gasteiger partial charge in [0.1, 0.15) is 17.2 Å². The summed E-state index contributed by atoms with van der Waals surface area (Å²) in [7, 11) is 4.84. The molecule has 5 aliphatic carbocycles. The van der Waals surface area contributed by atoms with Crippen LogP contribution in [0.5, 0.6) is 0 Å². The lowest BCUT2D eigenvalue weighted by Gasteiger charge is -2.65. The van der Waals surface area contributed by atoms with Crippen molar-refractivity contribution in [3.8, 4) is 0 Å². The normalized spacial score (nSPS) is 51.0. The van der Waals surface area contributed by atoms with Gasteiger partial charge in [-0.1, -0.05) is 12.1 Å². The predicted octanol–water partition coefficient (Wildman–Crippen LogP) is 2.19. The van der Waals surface area contributed by atoms with Gasteiger partial charge in [0.25, 0.3) is 5.72 Å². The average molecular weight is 587 g/mol. The summed E-state index contributed by atoms with van der Waals surface area (Å²) in [6.07, 6.45) is 0.547. The van der Waals surface area contributed by atoms with E-state index in [1.807, 2.05) is 6.92 Å². The van der Waals surface area contributed by atoms with Gasteiger partial charge in [-0.05, 0) is 38.3 Å². The maximum absolute atomic E-state index is 15.6. The highest BCUT2D eigenvalue weighted by Crippen LogP contribution is 2.83. The Morgan fingerprint density at radius 3 is 2.48 bits per heavy atom. The molecule has 42 heavy (non-hydrogen) atoms. The number of rotatable bonds is 7. The molecule has 1 aromatic carbocycles. The van der Waals surface area contributed by atoms with Crippen molar-refractivity contribution in [3.63, 3.8) is 0 Å². The second-order valence-corrected chi connectivity index (χ2v) is 13.5. The van der Waals surface area contributed by atoms with Crippen molar-refractivity contribution in [3.05, 3.63) is 35.0 Å². The summed E-state index contributed by atoms with van der Waals surface area (Å²) < 4.78 is 23.8. The Kier molecular flexibility index (Phi) is 6.11. The zero-order valence-corrected chi connectivity index (χ0v) is 24.9. The molecular formula is C31H42N2O9. The highest BCUT2D eigenvalue weighted by atomic mass is 16.7. The van der Waals surface area contributed by atoms with Gasteiger partial charge in [0.05, 0.1) is 47.4 Å². The van der Waals surface area contributed by atoms with Gasteiger partial charge in [0, 0.05) is 58.8 Å². The van der Waals surface area contributed by atoms with Crippen LogP contribution in [0, 0.1) is 34.3 Å². The number of carbonyl (C=O) groups excluding carboxylic acids is 2. The lowest BCUT2D eigenvalue weighted by atomic mass is 9.48. The maximum atomic E-state index is 15.6. The summed E-state index contributed by atoms with van der Waals surface area (Å²) in [5, 5.41) is 43.7. The topological polar surface area (TPSA) is 147 Å². The van der Waals surface area contributed by atoms with Crippen LogP contribution < -0.4 is 5.32 Å². The van der Waals surface area contributed by atoms with Crippen LogP contribution in [-0.2, 0) is 23.7 Å². The number of nitrogens with zero attached hydrogens (tertiary/aromatic N) is 1. The smallest absolute Gasteiger partial charge is 0.344 e. The number of amides is 1. The molecule has 11 nitrogen and oxygen atoms in total. The molecule has 11 heteroatoms. The van der Waals surface area contributed by atoms with E-state index in [9.17, 15) is 19.8 Å². The molecule has 0 aromatic heterocycles. The van der Waals surface area contributed by atoms with E-state index >= 15 is 5.21 Å². The Bertz CT molecular complexity index is 1330. The first-order valence-corrected chi connectivity index (χ1v) is 15.2. The van der Waals surface area contributed by atoms with E-state index in [0.717, 1.165) is 0 Å². The van der Waals surface area contributed by atoms with E-state index in [4.69, 9.17) is 18.9 Å². The van der Waals surface area contributed by atoms with Gasteiger partial charge in [-0.2, -0.15) is 0 Å². The van der Waals surface area contributed by atoms with Crippen molar-refractivity contribution in [2.24, 2.45) is 29.1 Å². The van der Waals surface area contributed by atoms with Crippen LogP contribution in [0.1, 0.15) is 56.3 Å². The number of benzene rings is 1. The SMILES string of the molecule is CC[N+]1([O-])[C@@H]2[C@@H]3C[C@H]4[C@@]2([C@@H](OC)CC[C@@]41OC(=O)c1ccccc1NC(C)=O)[C@@H]1C[C@@H]2[C@@H](OC)C[C@@]3(O)[C@@]1(O)[C@H]2OC. The van der Waals surface area contributed by atoms with Crippen molar-refractivity contribution in [2.45, 2.75) is 87.2 Å². The lowest BCUT2D eigenvalue weighted by Crippen LogP contribution is -2.80. The Morgan fingerprint density at radius 1 is 1.10 bits per heavy atom. The molecule has 1 aromatic rings. The number of hydroxylamine groups is 3. The fourth-order valence-electron chi connectivity index (χ4n) is 11.8. The van der Waals surface area contributed by atoms with Gasteiger partial charge in [-0.15, -0.1) is 0 Å². The molecule has 5 saturated carbocycles. The van der Waals surface area contributed by atoms with Gasteiger partial charge in [-0.3, -0.25) is 4.79 Å². The zero-order valence-electron chi connectivity index (χ0n) is 24.9. The highest BCUT2D eigenvalue weighted by Gasteiger charge is 2.95. The number of piperidine rings is 1. The zero-order chi connectivity index (χ0) is 30.0. The van der Waals surface area contributed by atoms with E-state index in [2.05, 4.69) is 5.32 Å². The fraction of sp³-hybridized carbons (Fsp3) is 0.742. The highest BCUT2D eigenvalue weighted by molar-refractivity contribution is 6.00. The van der Waals surface area contributed by atoms with Crippen LogP contribution in [-0.4, -0.2) is 95.9 Å². The molecule has 3 N–H and O–H groups in total. The predicted molar refractivity (Wildman–Crippen MR) is 149 cm³/mol. The number of para-hydroxylation sites is 1. The molecule has 1 spiro atoms. The summed E-state index contributed by atoms with van der Waals surface area (Å²) >= 11 is 0. The summed E-state index contributed by atoms with van der Waals surface area (Å²) in [6, 6.07) is 5.98. The second kappa shape index (κ2) is 8.97. The third-order valence-corrected chi connectivity index (χ3v) is 12.7. The first kappa shape index (κ1) is 28.6. The van der Waals surface area contributed by atoms with Crippen LogP contribution in [0.15, 0.2) is 24.3 Å². The first-order chi connectivity index (χ1) is 20.0. The number of ether oxygens (including phenoxy) is 4. The third-order valence-electron chi connectivity index (χ3n) is 12.7. The van der Waals surface area contributed by atoms with E-state index in [0.29, 0.717) is 31.4 Å². The molecule has 13 atom stereocenters. The largest absolute Gasteiger partial charge is 0.630 e. The summed E-state index contributed by atoms with van der Waals surface area (Å²) in [6.45, 7) is 3.31. The summed E-state index contributed by atoms with van der Waals surface area (Å²) in [5.74, 6) is -2.70. The molecule has 1 heterocycles. The molecule has 6 fully saturated rings. The third kappa shape index (κ3) is 2.87. The van der Waals surface area contributed by atoms with Crippen LogP contribution in [0.3, 0.4) is 0 Å². The molecular weight excluding hydrogens is 544 g/mol. The standard InChI is InChI=1S/C31H42N2O9/c1-6-33(38)25-19-14-22-29(33,42-27(35)17-9-7-8-10-20(17)32-16(2)34)12-11-24(40-4)30(22,25)23-13-18-21(39-3)15-28(19,36)31(23,37)26(18)41-5/h7-10,18-19,21-26,36-37H,6,11-15H2,1-5H3,(H,32,34)/t18-,19+,21+,22-,23+,24+,25-,26+,28+,29-,30+,31+,33?/m1/s1. The van der Waals surface area contributed by atoms with Crippen LogP contribution in [0.25, 0.3) is 0 Å². The number of hydrogen-bond acceptors (Lipinski definition) is 9. The van der Waals surface area contributed by atoms with Gasteiger partial charge in [0.15, 0.2) is 0 Å². The molecule has 7 bridgehead atoms. The number of likely N-dealkylation sites (tertiary alicyclic amines) is 1. The lowest BCUT2D eigenvalue weighted by molar-refractivity contribution is -0.975. The number of hydrogen-bond donors (Lipinski definition) is 3. The number of carbonyl (C=O) groups is 2. The van der Waals surface area contributed by atoms with Crippen LogP contribution in [0.2, 0.25) is 0 Å². The monoisotopic (exact) mass is 586 g/mol. The van der Waals surface area contributed by atoms with E-state index in [-0.39, 0.29) is 42.6 Å². The van der Waals surface area contributed by atoms with Crippen molar-refractivity contribution in [1.29, 1.82) is 0 Å². The Labute approximate surface area is 245 Å². The molecule has 230 valence electrons. The van der Waals surface area contributed by atoms with Gasteiger partial charge >= 0.3 is 5.97 Å². The van der Waals surface area contributed by atoms with Crippen molar-refractivity contribution >= 4 is 17.6 Å². The maximum Gasteiger partial charge on any atom is 0.344 e. The van der Waals surface area contributed by atoms with Crippen molar-refractivity contribution in [2.75, 3.05) is 33.2 Å². The minimum atomic E-state index is -1.62. The number of esters is 1. The Hall–Kier alpha value is -2.12. The van der Waals surface area contributed by atoms with Gasteiger partial charge in [-0.25, -0.2) is 4.79 Å². The molecule has 1 amide bonds. The number of nitrogens with one attached hydrogen (secondary N) is 1. The van der Waals surface area contributed by atoms with E-state index in [1.165, 1.54) is 6.92 Å².